The summed E-state index contributed by atoms with van der Waals surface area (Å²) in [5.74, 6) is 0.112. The van der Waals surface area contributed by atoms with Crippen molar-refractivity contribution in [2.45, 2.75) is 31.0 Å². The number of hydrogen-bond acceptors (Lipinski definition) is 1. The minimum atomic E-state index is 0.112. The van der Waals surface area contributed by atoms with E-state index in [-0.39, 0.29) is 10.7 Å². The lowest BCUT2D eigenvalue weighted by atomic mass is 9.96. The fraction of sp³-hybridized carbons (Fsp3) is 0.278. The first-order chi connectivity index (χ1) is 10.2. The molecule has 21 heavy (non-hydrogen) atoms. The second kappa shape index (κ2) is 6.02. The van der Waals surface area contributed by atoms with Gasteiger partial charge in [-0.15, -0.1) is 0 Å². The standard InChI is InChI=1S/C18H18BrNO/c1-2-12-3-5-13(6-4-12)18(19)15-7-9-16-14(11-15)8-10-17(21)20-16/h3-7,9,11,18H,2,8,10H2,1H3,(H,20,21). The van der Waals surface area contributed by atoms with Gasteiger partial charge in [0.1, 0.15) is 0 Å². The maximum atomic E-state index is 11.4. The maximum absolute atomic E-state index is 11.4. The van der Waals surface area contributed by atoms with Gasteiger partial charge in [-0.1, -0.05) is 59.3 Å². The molecule has 1 aliphatic rings. The second-order valence-electron chi connectivity index (χ2n) is 5.42. The highest BCUT2D eigenvalue weighted by Gasteiger charge is 2.17. The van der Waals surface area contributed by atoms with Crippen LogP contribution in [0.5, 0.6) is 0 Å². The second-order valence-corrected chi connectivity index (χ2v) is 6.34. The highest BCUT2D eigenvalue weighted by Crippen LogP contribution is 2.34. The molecule has 2 aromatic rings. The van der Waals surface area contributed by atoms with E-state index in [4.69, 9.17) is 0 Å². The molecule has 108 valence electrons. The third-order valence-electron chi connectivity index (χ3n) is 4.00. The van der Waals surface area contributed by atoms with E-state index >= 15 is 0 Å². The number of rotatable bonds is 3. The molecule has 1 atom stereocenters. The molecule has 0 aliphatic carbocycles. The third kappa shape index (κ3) is 3.03. The highest BCUT2D eigenvalue weighted by molar-refractivity contribution is 9.09. The number of carbonyl (C=O) groups excluding carboxylic acids is 1. The van der Waals surface area contributed by atoms with Gasteiger partial charge in [-0.2, -0.15) is 0 Å². The fourth-order valence-corrected chi connectivity index (χ4v) is 3.27. The molecule has 0 saturated carbocycles. The van der Waals surface area contributed by atoms with E-state index in [9.17, 15) is 4.79 Å². The Hall–Kier alpha value is -1.61. The van der Waals surface area contributed by atoms with E-state index in [1.807, 2.05) is 6.07 Å². The molecular weight excluding hydrogens is 326 g/mol. The number of hydrogen-bond donors (Lipinski definition) is 1. The van der Waals surface area contributed by atoms with Crippen LogP contribution in [0.3, 0.4) is 0 Å². The zero-order valence-corrected chi connectivity index (χ0v) is 13.6. The van der Waals surface area contributed by atoms with E-state index in [1.54, 1.807) is 0 Å². The Bertz CT molecular complexity index is 663. The Morgan fingerprint density at radius 3 is 2.52 bits per heavy atom. The lowest BCUT2D eigenvalue weighted by Gasteiger charge is -2.19. The molecule has 0 aromatic heterocycles. The normalized spacial score (nSPS) is 15.2. The largest absolute Gasteiger partial charge is 0.326 e. The van der Waals surface area contributed by atoms with Gasteiger partial charge >= 0.3 is 0 Å². The van der Waals surface area contributed by atoms with Crippen molar-refractivity contribution in [1.29, 1.82) is 0 Å². The molecule has 0 bridgehead atoms. The summed E-state index contributed by atoms with van der Waals surface area (Å²) >= 11 is 3.79. The van der Waals surface area contributed by atoms with E-state index in [1.165, 1.54) is 22.3 Å². The monoisotopic (exact) mass is 343 g/mol. The number of amides is 1. The summed E-state index contributed by atoms with van der Waals surface area (Å²) in [7, 11) is 0. The van der Waals surface area contributed by atoms with E-state index in [0.29, 0.717) is 6.42 Å². The summed E-state index contributed by atoms with van der Waals surface area (Å²) in [4.78, 5) is 11.6. The lowest BCUT2D eigenvalue weighted by molar-refractivity contribution is -0.116. The van der Waals surface area contributed by atoms with Gasteiger partial charge in [-0.3, -0.25) is 4.79 Å². The number of fused-ring (bicyclic) bond motifs is 1. The molecule has 1 unspecified atom stereocenters. The van der Waals surface area contributed by atoms with E-state index in [0.717, 1.165) is 18.5 Å². The van der Waals surface area contributed by atoms with E-state index < -0.39 is 0 Å². The molecule has 3 heteroatoms. The van der Waals surface area contributed by atoms with Crippen molar-refractivity contribution in [1.82, 2.24) is 0 Å². The van der Waals surface area contributed by atoms with Crippen molar-refractivity contribution in [3.8, 4) is 0 Å². The maximum Gasteiger partial charge on any atom is 0.224 e. The molecule has 1 N–H and O–H groups in total. The van der Waals surface area contributed by atoms with Gasteiger partial charge in [0.2, 0.25) is 5.91 Å². The molecule has 3 rings (SSSR count). The van der Waals surface area contributed by atoms with Crippen molar-refractivity contribution in [2.24, 2.45) is 0 Å². The number of carbonyl (C=O) groups is 1. The number of alkyl halides is 1. The molecule has 1 amide bonds. The smallest absolute Gasteiger partial charge is 0.224 e. The summed E-state index contributed by atoms with van der Waals surface area (Å²) in [5.41, 5.74) is 6.02. The van der Waals surface area contributed by atoms with Gasteiger partial charge in [0.05, 0.1) is 4.83 Å². The summed E-state index contributed by atoms with van der Waals surface area (Å²) in [6.07, 6.45) is 2.46. The quantitative estimate of drug-likeness (QED) is 0.809. The molecule has 0 radical (unpaired) electrons. The molecule has 0 saturated heterocycles. The van der Waals surface area contributed by atoms with Crippen molar-refractivity contribution < 1.29 is 4.79 Å². The molecule has 0 spiro atoms. The van der Waals surface area contributed by atoms with Crippen LogP contribution in [0.2, 0.25) is 0 Å². The van der Waals surface area contributed by atoms with Crippen LogP contribution < -0.4 is 5.32 Å². The van der Waals surface area contributed by atoms with Crippen LogP contribution in [0.1, 0.15) is 40.4 Å². The predicted molar refractivity (Wildman–Crippen MR) is 90.0 cm³/mol. The van der Waals surface area contributed by atoms with Crippen LogP contribution in [-0.2, 0) is 17.6 Å². The van der Waals surface area contributed by atoms with Crippen LogP contribution in [0.15, 0.2) is 42.5 Å². The van der Waals surface area contributed by atoms with Gasteiger partial charge in [0.25, 0.3) is 0 Å². The Kier molecular flexibility index (Phi) is 4.11. The first-order valence-electron chi connectivity index (χ1n) is 7.33. The Morgan fingerprint density at radius 2 is 1.81 bits per heavy atom. The fourth-order valence-electron chi connectivity index (χ4n) is 2.68. The number of halogens is 1. The Labute approximate surface area is 133 Å². The molecule has 2 aromatic carbocycles. The summed E-state index contributed by atoms with van der Waals surface area (Å²) in [6.45, 7) is 2.17. The number of anilines is 1. The van der Waals surface area contributed by atoms with Crippen LogP contribution >= 0.6 is 15.9 Å². The summed E-state index contributed by atoms with van der Waals surface area (Å²) < 4.78 is 0. The molecule has 2 nitrogen and oxygen atoms in total. The lowest BCUT2D eigenvalue weighted by Crippen LogP contribution is -2.19. The average molecular weight is 344 g/mol. The first kappa shape index (κ1) is 14.3. The zero-order valence-electron chi connectivity index (χ0n) is 12.0. The topological polar surface area (TPSA) is 29.1 Å². The molecule has 0 fully saturated rings. The Morgan fingerprint density at radius 1 is 1.10 bits per heavy atom. The molecular formula is C18H18BrNO. The van der Waals surface area contributed by atoms with Crippen molar-refractivity contribution >= 4 is 27.5 Å². The van der Waals surface area contributed by atoms with Gasteiger partial charge in [-0.25, -0.2) is 0 Å². The van der Waals surface area contributed by atoms with Gasteiger partial charge < -0.3 is 5.32 Å². The van der Waals surface area contributed by atoms with Crippen LogP contribution in [0, 0.1) is 0 Å². The van der Waals surface area contributed by atoms with E-state index in [2.05, 4.69) is 64.6 Å². The summed E-state index contributed by atoms with van der Waals surface area (Å²) in [6, 6.07) is 15.0. The van der Waals surface area contributed by atoms with Crippen LogP contribution in [-0.4, -0.2) is 5.91 Å². The van der Waals surface area contributed by atoms with Gasteiger partial charge in [0.15, 0.2) is 0 Å². The highest BCUT2D eigenvalue weighted by atomic mass is 79.9. The van der Waals surface area contributed by atoms with Crippen molar-refractivity contribution in [2.75, 3.05) is 5.32 Å². The minimum absolute atomic E-state index is 0.112. The number of benzene rings is 2. The zero-order chi connectivity index (χ0) is 14.8. The van der Waals surface area contributed by atoms with Crippen molar-refractivity contribution in [3.63, 3.8) is 0 Å². The van der Waals surface area contributed by atoms with Gasteiger partial charge in [-0.05, 0) is 41.2 Å². The minimum Gasteiger partial charge on any atom is -0.326 e. The SMILES string of the molecule is CCc1ccc(C(Br)c2ccc3c(c2)CCC(=O)N3)cc1. The van der Waals surface area contributed by atoms with Crippen LogP contribution in [0.4, 0.5) is 5.69 Å². The number of aryl methyl sites for hydroxylation is 2. The Balaban J connectivity index is 1.87. The van der Waals surface area contributed by atoms with Gasteiger partial charge in [0, 0.05) is 12.1 Å². The average Bonchev–Trinajstić information content (AvgIpc) is 2.53. The molecule has 1 heterocycles. The molecule has 1 aliphatic heterocycles. The van der Waals surface area contributed by atoms with Crippen molar-refractivity contribution in [3.05, 3.63) is 64.7 Å². The third-order valence-corrected chi connectivity index (χ3v) is 5.06. The number of nitrogens with one attached hydrogen (secondary N) is 1. The predicted octanol–water partition coefficient (Wildman–Crippen LogP) is 4.62. The summed E-state index contributed by atoms with van der Waals surface area (Å²) in [5, 5.41) is 2.93. The first-order valence-corrected chi connectivity index (χ1v) is 8.24. The van der Waals surface area contributed by atoms with Crippen LogP contribution in [0.25, 0.3) is 0 Å².